The fourth-order valence-electron chi connectivity index (χ4n) is 1.53. The Bertz CT molecular complexity index is 268. The maximum absolute atomic E-state index is 9.57. The average molecular weight is 196 g/mol. The quantitative estimate of drug-likeness (QED) is 0.728. The lowest BCUT2D eigenvalue weighted by molar-refractivity contribution is 0.188. The first-order chi connectivity index (χ1) is 6.36. The second-order valence-electron chi connectivity index (χ2n) is 3.19. The molecule has 2 rings (SSSR count). The lowest BCUT2D eigenvalue weighted by atomic mass is 10.3. The Labute approximate surface area is 81.6 Å². The van der Waals surface area contributed by atoms with Gasteiger partial charge in [0.2, 0.25) is 0 Å². The number of aliphatic hydroxyl groups is 1. The molecule has 0 radical (unpaired) electrons. The molecular formula is C9H12N2OS. The molecule has 0 saturated heterocycles. The molecule has 1 fully saturated rings. The van der Waals surface area contributed by atoms with E-state index < -0.39 is 0 Å². The van der Waals surface area contributed by atoms with Gasteiger partial charge in [-0.3, -0.25) is 0 Å². The van der Waals surface area contributed by atoms with Crippen molar-refractivity contribution < 1.29 is 5.11 Å². The minimum absolute atomic E-state index is 0.172. The molecule has 70 valence electrons. The van der Waals surface area contributed by atoms with Gasteiger partial charge in [-0.05, 0) is 25.3 Å². The van der Waals surface area contributed by atoms with Gasteiger partial charge in [-0.1, -0.05) is 11.8 Å². The summed E-state index contributed by atoms with van der Waals surface area (Å²) in [5.41, 5.74) is 0. The third-order valence-corrected chi connectivity index (χ3v) is 3.49. The van der Waals surface area contributed by atoms with E-state index in [-0.39, 0.29) is 6.10 Å². The minimum Gasteiger partial charge on any atom is -0.392 e. The van der Waals surface area contributed by atoms with E-state index in [0.29, 0.717) is 5.25 Å². The topological polar surface area (TPSA) is 46.0 Å². The van der Waals surface area contributed by atoms with Crippen LogP contribution in [0.5, 0.6) is 0 Å². The highest BCUT2D eigenvalue weighted by atomic mass is 32.2. The number of hydrogen-bond donors (Lipinski definition) is 1. The van der Waals surface area contributed by atoms with Crippen LogP contribution in [0.3, 0.4) is 0 Å². The number of nitrogens with zero attached hydrogens (tertiary/aromatic N) is 2. The Morgan fingerprint density at radius 3 is 2.69 bits per heavy atom. The molecule has 13 heavy (non-hydrogen) atoms. The number of hydrogen-bond acceptors (Lipinski definition) is 4. The number of aromatic nitrogens is 2. The van der Waals surface area contributed by atoms with Crippen molar-refractivity contribution in [2.24, 2.45) is 0 Å². The van der Waals surface area contributed by atoms with Gasteiger partial charge in [0.25, 0.3) is 0 Å². The molecule has 1 aliphatic rings. The Morgan fingerprint density at radius 2 is 2.08 bits per heavy atom. The number of thioether (sulfide) groups is 1. The Kier molecular flexibility index (Phi) is 2.80. The van der Waals surface area contributed by atoms with E-state index in [1.165, 1.54) is 0 Å². The second kappa shape index (κ2) is 4.07. The second-order valence-corrected chi connectivity index (χ2v) is 4.39. The minimum atomic E-state index is -0.172. The van der Waals surface area contributed by atoms with Gasteiger partial charge in [0, 0.05) is 17.6 Å². The summed E-state index contributed by atoms with van der Waals surface area (Å²) in [4.78, 5) is 8.23. The summed E-state index contributed by atoms with van der Waals surface area (Å²) in [6, 6.07) is 1.80. The van der Waals surface area contributed by atoms with Gasteiger partial charge in [-0.25, -0.2) is 9.97 Å². The molecule has 0 amide bonds. The zero-order valence-electron chi connectivity index (χ0n) is 7.26. The van der Waals surface area contributed by atoms with Crippen molar-refractivity contribution in [2.45, 2.75) is 35.8 Å². The lowest BCUT2D eigenvalue weighted by Crippen LogP contribution is -2.15. The van der Waals surface area contributed by atoms with E-state index in [0.717, 1.165) is 24.4 Å². The smallest absolute Gasteiger partial charge is 0.187 e. The lowest BCUT2D eigenvalue weighted by Gasteiger charge is -2.11. The molecule has 0 aliphatic heterocycles. The molecule has 1 aromatic rings. The third kappa shape index (κ3) is 2.19. The van der Waals surface area contributed by atoms with E-state index >= 15 is 0 Å². The van der Waals surface area contributed by atoms with E-state index in [2.05, 4.69) is 9.97 Å². The average Bonchev–Trinajstić information content (AvgIpc) is 2.54. The van der Waals surface area contributed by atoms with Gasteiger partial charge in [0.05, 0.1) is 6.10 Å². The predicted octanol–water partition coefficient (Wildman–Crippen LogP) is 1.48. The van der Waals surface area contributed by atoms with Gasteiger partial charge in [-0.15, -0.1) is 0 Å². The monoisotopic (exact) mass is 196 g/mol. The standard InChI is InChI=1S/C9H12N2OS/c12-7-3-1-4-8(7)13-9-10-5-2-6-11-9/h2,5-8,12H,1,3-4H2. The maximum atomic E-state index is 9.57. The zero-order chi connectivity index (χ0) is 9.10. The molecule has 0 bridgehead atoms. The van der Waals surface area contributed by atoms with E-state index in [1.807, 2.05) is 0 Å². The van der Waals surface area contributed by atoms with Crippen LogP contribution < -0.4 is 0 Å². The van der Waals surface area contributed by atoms with Crippen LogP contribution in [-0.4, -0.2) is 26.4 Å². The first-order valence-corrected chi connectivity index (χ1v) is 5.36. The van der Waals surface area contributed by atoms with Crippen molar-refractivity contribution in [3.05, 3.63) is 18.5 Å². The molecular weight excluding hydrogens is 184 g/mol. The molecule has 0 spiro atoms. The predicted molar refractivity (Wildman–Crippen MR) is 51.5 cm³/mol. The molecule has 1 aromatic heterocycles. The Morgan fingerprint density at radius 1 is 1.31 bits per heavy atom. The van der Waals surface area contributed by atoms with Crippen LogP contribution in [0.15, 0.2) is 23.6 Å². The zero-order valence-corrected chi connectivity index (χ0v) is 8.07. The van der Waals surface area contributed by atoms with Gasteiger partial charge in [0.1, 0.15) is 0 Å². The molecule has 1 heterocycles. The SMILES string of the molecule is OC1CCCC1Sc1ncccn1. The van der Waals surface area contributed by atoms with Crippen LogP contribution in [0.25, 0.3) is 0 Å². The van der Waals surface area contributed by atoms with Crippen LogP contribution in [0, 0.1) is 0 Å². The van der Waals surface area contributed by atoms with Gasteiger partial charge in [-0.2, -0.15) is 0 Å². The van der Waals surface area contributed by atoms with Crippen molar-refractivity contribution in [1.82, 2.24) is 9.97 Å². The van der Waals surface area contributed by atoms with Gasteiger partial charge < -0.3 is 5.11 Å². The van der Waals surface area contributed by atoms with Gasteiger partial charge >= 0.3 is 0 Å². The highest BCUT2D eigenvalue weighted by Gasteiger charge is 2.26. The Hall–Kier alpha value is -0.610. The molecule has 4 heteroatoms. The summed E-state index contributed by atoms with van der Waals surface area (Å²) in [5, 5.41) is 10.6. The molecule has 1 aliphatic carbocycles. The van der Waals surface area contributed by atoms with E-state index in [1.54, 1.807) is 30.2 Å². The van der Waals surface area contributed by atoms with Crippen molar-refractivity contribution >= 4 is 11.8 Å². The number of rotatable bonds is 2. The summed E-state index contributed by atoms with van der Waals surface area (Å²) in [5.74, 6) is 0. The molecule has 2 unspecified atom stereocenters. The van der Waals surface area contributed by atoms with Crippen molar-refractivity contribution in [3.63, 3.8) is 0 Å². The highest BCUT2D eigenvalue weighted by molar-refractivity contribution is 7.99. The maximum Gasteiger partial charge on any atom is 0.187 e. The van der Waals surface area contributed by atoms with Crippen LogP contribution >= 0.6 is 11.8 Å². The van der Waals surface area contributed by atoms with Crippen LogP contribution in [0.4, 0.5) is 0 Å². The molecule has 3 nitrogen and oxygen atoms in total. The van der Waals surface area contributed by atoms with Gasteiger partial charge in [0.15, 0.2) is 5.16 Å². The molecule has 1 saturated carbocycles. The van der Waals surface area contributed by atoms with E-state index in [4.69, 9.17) is 0 Å². The summed E-state index contributed by atoms with van der Waals surface area (Å²) in [6.45, 7) is 0. The summed E-state index contributed by atoms with van der Waals surface area (Å²) in [7, 11) is 0. The first-order valence-electron chi connectivity index (χ1n) is 4.48. The fraction of sp³-hybridized carbons (Fsp3) is 0.556. The van der Waals surface area contributed by atoms with Crippen molar-refractivity contribution in [1.29, 1.82) is 0 Å². The Balaban J connectivity index is 1.98. The third-order valence-electron chi connectivity index (χ3n) is 2.22. The first kappa shape index (κ1) is 8.97. The fourth-order valence-corrected chi connectivity index (χ4v) is 2.62. The summed E-state index contributed by atoms with van der Waals surface area (Å²) < 4.78 is 0. The van der Waals surface area contributed by atoms with Crippen molar-refractivity contribution in [3.8, 4) is 0 Å². The highest BCUT2D eigenvalue weighted by Crippen LogP contribution is 2.32. The van der Waals surface area contributed by atoms with E-state index in [9.17, 15) is 5.11 Å². The largest absolute Gasteiger partial charge is 0.392 e. The van der Waals surface area contributed by atoms with Crippen molar-refractivity contribution in [2.75, 3.05) is 0 Å². The van der Waals surface area contributed by atoms with Crippen LogP contribution in [-0.2, 0) is 0 Å². The summed E-state index contributed by atoms with van der Waals surface area (Å²) in [6.07, 6.45) is 6.40. The summed E-state index contributed by atoms with van der Waals surface area (Å²) >= 11 is 1.59. The molecule has 2 atom stereocenters. The van der Waals surface area contributed by atoms with Crippen LogP contribution in [0.2, 0.25) is 0 Å². The van der Waals surface area contributed by atoms with Crippen LogP contribution in [0.1, 0.15) is 19.3 Å². The molecule has 0 aromatic carbocycles. The molecule has 1 N–H and O–H groups in total. The number of aliphatic hydroxyl groups excluding tert-OH is 1. The normalized spacial score (nSPS) is 27.8.